The lowest BCUT2D eigenvalue weighted by Gasteiger charge is -2.18. The first-order valence-electron chi connectivity index (χ1n) is 4.69. The number of likely N-dealkylation sites (N-methyl/N-ethyl adjacent to an activating group) is 1. The van der Waals surface area contributed by atoms with Gasteiger partial charge >= 0.3 is 0 Å². The van der Waals surface area contributed by atoms with Gasteiger partial charge in [0.1, 0.15) is 5.76 Å². The van der Waals surface area contributed by atoms with Crippen LogP contribution in [0.15, 0.2) is 22.8 Å². The molecule has 74 valence electrons. The topological polar surface area (TPSA) is 42.4 Å². The zero-order chi connectivity index (χ0) is 9.68. The van der Waals surface area contributed by atoms with E-state index < -0.39 is 0 Å². The molecular weight excluding hydrogens is 164 g/mol. The lowest BCUT2D eigenvalue weighted by molar-refractivity contribution is 0.275. The Morgan fingerprint density at radius 2 is 2.38 bits per heavy atom. The molecule has 0 bridgehead atoms. The number of rotatable bonds is 5. The van der Waals surface area contributed by atoms with Gasteiger partial charge in [-0.05, 0) is 25.6 Å². The molecule has 1 unspecified atom stereocenters. The number of nitrogens with zero attached hydrogens (tertiary/aromatic N) is 1. The zero-order valence-corrected chi connectivity index (χ0v) is 8.36. The van der Waals surface area contributed by atoms with Gasteiger partial charge in [0, 0.05) is 12.6 Å². The van der Waals surface area contributed by atoms with E-state index in [-0.39, 0.29) is 6.04 Å². The molecule has 0 aliphatic heterocycles. The van der Waals surface area contributed by atoms with E-state index in [1.807, 2.05) is 12.1 Å². The van der Waals surface area contributed by atoms with E-state index in [1.54, 1.807) is 6.26 Å². The fourth-order valence-electron chi connectivity index (χ4n) is 1.26. The number of hydrogen-bond donors (Lipinski definition) is 1. The molecule has 0 aliphatic carbocycles. The van der Waals surface area contributed by atoms with Crippen molar-refractivity contribution in [2.24, 2.45) is 5.73 Å². The fourth-order valence-corrected chi connectivity index (χ4v) is 1.26. The normalized spacial score (nSPS) is 13.5. The summed E-state index contributed by atoms with van der Waals surface area (Å²) in [5, 5.41) is 0. The van der Waals surface area contributed by atoms with E-state index in [1.165, 1.54) is 0 Å². The van der Waals surface area contributed by atoms with Crippen LogP contribution in [0.5, 0.6) is 0 Å². The number of furan rings is 1. The van der Waals surface area contributed by atoms with Crippen LogP contribution in [0.1, 0.15) is 19.1 Å². The standard InChI is InChI=1S/C10H18N2O/c1-3-9(11)7-12(2)8-10-5-4-6-13-10/h4-6,9H,3,7-8,11H2,1-2H3. The van der Waals surface area contributed by atoms with Crippen LogP contribution in [0.3, 0.4) is 0 Å². The van der Waals surface area contributed by atoms with Gasteiger partial charge in [0.05, 0.1) is 12.8 Å². The van der Waals surface area contributed by atoms with E-state index in [9.17, 15) is 0 Å². The van der Waals surface area contributed by atoms with E-state index in [0.29, 0.717) is 0 Å². The van der Waals surface area contributed by atoms with Crippen LogP contribution in [-0.2, 0) is 6.54 Å². The zero-order valence-electron chi connectivity index (χ0n) is 8.36. The minimum absolute atomic E-state index is 0.264. The third kappa shape index (κ3) is 3.61. The average molecular weight is 182 g/mol. The second kappa shape index (κ2) is 5.04. The summed E-state index contributed by atoms with van der Waals surface area (Å²) >= 11 is 0. The fraction of sp³-hybridized carbons (Fsp3) is 0.600. The Hall–Kier alpha value is -0.800. The Kier molecular flexibility index (Phi) is 3.99. The van der Waals surface area contributed by atoms with Crippen LogP contribution in [0.4, 0.5) is 0 Å². The lowest BCUT2D eigenvalue weighted by atomic mass is 10.2. The maximum atomic E-state index is 5.83. The van der Waals surface area contributed by atoms with Crippen molar-refractivity contribution < 1.29 is 4.42 Å². The van der Waals surface area contributed by atoms with Crippen LogP contribution in [0, 0.1) is 0 Å². The van der Waals surface area contributed by atoms with Crippen LogP contribution in [0.2, 0.25) is 0 Å². The summed E-state index contributed by atoms with van der Waals surface area (Å²) in [6.45, 7) is 3.85. The first kappa shape index (κ1) is 10.3. The van der Waals surface area contributed by atoms with Gasteiger partial charge in [0.2, 0.25) is 0 Å². The maximum Gasteiger partial charge on any atom is 0.117 e. The maximum absolute atomic E-state index is 5.83. The monoisotopic (exact) mass is 182 g/mol. The molecule has 1 aromatic heterocycles. The highest BCUT2D eigenvalue weighted by atomic mass is 16.3. The summed E-state index contributed by atoms with van der Waals surface area (Å²) in [5.41, 5.74) is 5.83. The Balaban J connectivity index is 2.29. The minimum Gasteiger partial charge on any atom is -0.468 e. The van der Waals surface area contributed by atoms with E-state index >= 15 is 0 Å². The predicted molar refractivity (Wildman–Crippen MR) is 53.3 cm³/mol. The highest BCUT2D eigenvalue weighted by Gasteiger charge is 2.06. The predicted octanol–water partition coefficient (Wildman–Crippen LogP) is 1.45. The van der Waals surface area contributed by atoms with Crippen molar-refractivity contribution in [3.05, 3.63) is 24.2 Å². The van der Waals surface area contributed by atoms with Gasteiger partial charge in [-0.25, -0.2) is 0 Å². The van der Waals surface area contributed by atoms with Crippen LogP contribution < -0.4 is 5.73 Å². The molecule has 2 N–H and O–H groups in total. The highest BCUT2D eigenvalue weighted by Crippen LogP contribution is 2.04. The molecule has 0 aromatic carbocycles. The molecule has 0 spiro atoms. The van der Waals surface area contributed by atoms with Crippen molar-refractivity contribution >= 4 is 0 Å². The molecule has 1 aromatic rings. The van der Waals surface area contributed by atoms with Crippen LogP contribution in [-0.4, -0.2) is 24.5 Å². The summed E-state index contributed by atoms with van der Waals surface area (Å²) in [6.07, 6.45) is 2.71. The van der Waals surface area contributed by atoms with E-state index in [4.69, 9.17) is 10.2 Å². The van der Waals surface area contributed by atoms with Gasteiger partial charge in [-0.15, -0.1) is 0 Å². The van der Waals surface area contributed by atoms with Crippen molar-refractivity contribution in [1.82, 2.24) is 4.90 Å². The molecular formula is C10H18N2O. The Bertz CT molecular complexity index is 221. The minimum atomic E-state index is 0.264. The molecule has 1 rings (SSSR count). The summed E-state index contributed by atoms with van der Waals surface area (Å²) in [6, 6.07) is 4.15. The number of nitrogens with two attached hydrogens (primary N) is 1. The van der Waals surface area contributed by atoms with Gasteiger partial charge in [0.15, 0.2) is 0 Å². The molecule has 1 atom stereocenters. The van der Waals surface area contributed by atoms with Gasteiger partial charge in [-0.1, -0.05) is 6.92 Å². The SMILES string of the molecule is CCC(N)CN(C)Cc1ccco1. The lowest BCUT2D eigenvalue weighted by Crippen LogP contribution is -2.34. The van der Waals surface area contributed by atoms with E-state index in [2.05, 4.69) is 18.9 Å². The quantitative estimate of drug-likeness (QED) is 0.749. The summed E-state index contributed by atoms with van der Waals surface area (Å²) in [4.78, 5) is 2.17. The molecule has 3 nitrogen and oxygen atoms in total. The summed E-state index contributed by atoms with van der Waals surface area (Å²) < 4.78 is 5.24. The second-order valence-electron chi connectivity index (χ2n) is 3.44. The van der Waals surface area contributed by atoms with Gasteiger partial charge in [-0.2, -0.15) is 0 Å². The second-order valence-corrected chi connectivity index (χ2v) is 3.44. The van der Waals surface area contributed by atoms with Crippen molar-refractivity contribution in [2.45, 2.75) is 25.9 Å². The molecule has 0 radical (unpaired) electrons. The molecule has 0 amide bonds. The van der Waals surface area contributed by atoms with Crippen LogP contribution in [0.25, 0.3) is 0 Å². The highest BCUT2D eigenvalue weighted by molar-refractivity contribution is 4.97. The Labute approximate surface area is 79.5 Å². The summed E-state index contributed by atoms with van der Waals surface area (Å²) in [7, 11) is 2.05. The molecule has 3 heteroatoms. The third-order valence-corrected chi connectivity index (χ3v) is 2.08. The van der Waals surface area contributed by atoms with Crippen molar-refractivity contribution in [3.8, 4) is 0 Å². The van der Waals surface area contributed by atoms with Crippen molar-refractivity contribution in [1.29, 1.82) is 0 Å². The van der Waals surface area contributed by atoms with Crippen molar-refractivity contribution in [3.63, 3.8) is 0 Å². The molecule has 0 saturated heterocycles. The first-order valence-corrected chi connectivity index (χ1v) is 4.69. The van der Waals surface area contributed by atoms with Crippen LogP contribution >= 0.6 is 0 Å². The van der Waals surface area contributed by atoms with Gasteiger partial charge in [0.25, 0.3) is 0 Å². The number of hydrogen-bond acceptors (Lipinski definition) is 3. The van der Waals surface area contributed by atoms with Gasteiger partial charge in [-0.3, -0.25) is 4.90 Å². The van der Waals surface area contributed by atoms with E-state index in [0.717, 1.165) is 25.3 Å². The molecule has 0 aliphatic rings. The van der Waals surface area contributed by atoms with Gasteiger partial charge < -0.3 is 10.2 Å². The molecule has 1 heterocycles. The average Bonchev–Trinajstić information content (AvgIpc) is 2.56. The molecule has 13 heavy (non-hydrogen) atoms. The van der Waals surface area contributed by atoms with Crippen molar-refractivity contribution in [2.75, 3.05) is 13.6 Å². The molecule has 0 saturated carbocycles. The Morgan fingerprint density at radius 1 is 1.62 bits per heavy atom. The largest absolute Gasteiger partial charge is 0.468 e. The summed E-state index contributed by atoms with van der Waals surface area (Å²) in [5.74, 6) is 0.991. The Morgan fingerprint density at radius 3 is 2.92 bits per heavy atom. The molecule has 0 fully saturated rings. The smallest absolute Gasteiger partial charge is 0.117 e. The first-order chi connectivity index (χ1) is 6.22. The third-order valence-electron chi connectivity index (χ3n) is 2.08.